The molecule has 35 heavy (non-hydrogen) atoms. The van der Waals surface area contributed by atoms with Gasteiger partial charge in [0.15, 0.2) is 5.75 Å². The molecule has 0 saturated heterocycles. The minimum atomic E-state index is -4.08. The van der Waals surface area contributed by atoms with Crippen molar-refractivity contribution in [3.8, 4) is 16.9 Å². The van der Waals surface area contributed by atoms with Gasteiger partial charge in [0, 0.05) is 26.7 Å². The molecule has 6 heteroatoms. The van der Waals surface area contributed by atoms with Gasteiger partial charge in [-0.15, -0.1) is 0 Å². The van der Waals surface area contributed by atoms with Crippen molar-refractivity contribution in [2.75, 3.05) is 0 Å². The number of fused-ring (bicyclic) bond motifs is 4. The van der Waals surface area contributed by atoms with E-state index in [0.717, 1.165) is 38.4 Å². The molecular formula is C29H20ClNO3S. The normalized spacial score (nSPS) is 11.9. The van der Waals surface area contributed by atoms with Gasteiger partial charge in [0.25, 0.3) is 0 Å². The Balaban J connectivity index is 1.74. The number of rotatable bonds is 4. The Morgan fingerprint density at radius 2 is 1.46 bits per heavy atom. The van der Waals surface area contributed by atoms with Gasteiger partial charge in [0.1, 0.15) is 4.90 Å². The smallest absolute Gasteiger partial charge is 0.339 e. The van der Waals surface area contributed by atoms with E-state index in [0.29, 0.717) is 15.9 Å². The molecule has 1 N–H and O–H groups in total. The number of hydrogen-bond donors (Lipinski definition) is 1. The first-order chi connectivity index (χ1) is 16.9. The molecule has 1 heterocycles. The van der Waals surface area contributed by atoms with Crippen molar-refractivity contribution >= 4 is 54.3 Å². The average Bonchev–Trinajstić information content (AvgIpc) is 3.23. The third-order valence-corrected chi connectivity index (χ3v) is 7.71. The summed E-state index contributed by atoms with van der Waals surface area (Å²) in [6.45, 7) is 1.91. The van der Waals surface area contributed by atoms with Crippen molar-refractivity contribution in [2.45, 2.75) is 11.8 Å². The molecule has 0 aliphatic rings. The van der Waals surface area contributed by atoms with Crippen LogP contribution in [0.15, 0.2) is 102 Å². The third kappa shape index (κ3) is 3.64. The van der Waals surface area contributed by atoms with E-state index in [4.69, 9.17) is 15.8 Å². The lowest BCUT2D eigenvalue weighted by molar-refractivity contribution is 0.491. The fourth-order valence-corrected chi connectivity index (χ4v) is 5.75. The minimum Gasteiger partial charge on any atom is -0.376 e. The summed E-state index contributed by atoms with van der Waals surface area (Å²) in [7, 11) is -4.08. The van der Waals surface area contributed by atoms with E-state index in [1.165, 1.54) is 0 Å². The fraction of sp³-hybridized carbons (Fsp3) is 0.0345. The SMILES string of the molecule is Cc1ccc(S(=O)(=O)Oc2c3ccccc3c(-c3ccccc3)c3c2[nH]c2ccc(Cl)cc23)cc1. The Hall–Kier alpha value is -3.80. The van der Waals surface area contributed by atoms with Crippen LogP contribution in [0.5, 0.6) is 5.75 Å². The highest BCUT2D eigenvalue weighted by Crippen LogP contribution is 2.46. The highest BCUT2D eigenvalue weighted by molar-refractivity contribution is 7.87. The second-order valence-corrected chi connectivity index (χ2v) is 10.5. The molecule has 0 unspecified atom stereocenters. The van der Waals surface area contributed by atoms with Crippen LogP contribution < -0.4 is 4.18 Å². The van der Waals surface area contributed by atoms with Crippen LogP contribution in [0.25, 0.3) is 43.7 Å². The molecule has 0 amide bonds. The maximum absolute atomic E-state index is 13.4. The second kappa shape index (κ2) is 8.15. The summed E-state index contributed by atoms with van der Waals surface area (Å²) >= 11 is 6.39. The van der Waals surface area contributed by atoms with Crippen molar-refractivity contribution in [3.63, 3.8) is 0 Å². The lowest BCUT2D eigenvalue weighted by Crippen LogP contribution is -2.10. The lowest BCUT2D eigenvalue weighted by Gasteiger charge is -2.16. The Morgan fingerprint density at radius 3 is 2.20 bits per heavy atom. The van der Waals surface area contributed by atoms with Gasteiger partial charge in [0.2, 0.25) is 0 Å². The topological polar surface area (TPSA) is 59.2 Å². The van der Waals surface area contributed by atoms with Crippen LogP contribution in [0.4, 0.5) is 0 Å². The van der Waals surface area contributed by atoms with Crippen molar-refractivity contribution in [2.24, 2.45) is 0 Å². The minimum absolute atomic E-state index is 0.103. The van der Waals surface area contributed by atoms with E-state index in [1.54, 1.807) is 24.3 Å². The van der Waals surface area contributed by atoms with Crippen LogP contribution in [0, 0.1) is 6.92 Å². The van der Waals surface area contributed by atoms with Crippen LogP contribution in [-0.2, 0) is 10.1 Å². The molecule has 1 aromatic heterocycles. The van der Waals surface area contributed by atoms with E-state index >= 15 is 0 Å². The molecule has 0 saturated carbocycles. The Labute approximate surface area is 207 Å². The number of aryl methyl sites for hydroxylation is 1. The Bertz CT molecular complexity index is 1840. The predicted octanol–water partition coefficient (Wildman–Crippen LogP) is 7.87. The first kappa shape index (κ1) is 21.7. The molecule has 0 aliphatic carbocycles. The van der Waals surface area contributed by atoms with Crippen LogP contribution in [0.3, 0.4) is 0 Å². The van der Waals surface area contributed by atoms with E-state index in [-0.39, 0.29) is 10.6 Å². The molecule has 0 atom stereocenters. The summed E-state index contributed by atoms with van der Waals surface area (Å²) in [6.07, 6.45) is 0. The summed E-state index contributed by atoms with van der Waals surface area (Å²) in [5.74, 6) is 0.267. The molecule has 172 valence electrons. The molecule has 6 aromatic rings. The third-order valence-electron chi connectivity index (χ3n) is 6.24. The Kier molecular flexibility index (Phi) is 5.06. The van der Waals surface area contributed by atoms with Crippen molar-refractivity contribution < 1.29 is 12.6 Å². The number of aromatic nitrogens is 1. The zero-order valence-electron chi connectivity index (χ0n) is 18.7. The van der Waals surface area contributed by atoms with Gasteiger partial charge in [-0.2, -0.15) is 8.42 Å². The van der Waals surface area contributed by atoms with Gasteiger partial charge in [-0.1, -0.05) is 83.9 Å². The predicted molar refractivity (Wildman–Crippen MR) is 143 cm³/mol. The number of hydrogen-bond acceptors (Lipinski definition) is 3. The quantitative estimate of drug-likeness (QED) is 0.252. The van der Waals surface area contributed by atoms with Gasteiger partial charge in [-0.3, -0.25) is 0 Å². The van der Waals surface area contributed by atoms with Gasteiger partial charge in [-0.25, -0.2) is 0 Å². The zero-order chi connectivity index (χ0) is 24.2. The molecular weight excluding hydrogens is 478 g/mol. The summed E-state index contributed by atoms with van der Waals surface area (Å²) < 4.78 is 32.6. The number of aromatic amines is 1. The van der Waals surface area contributed by atoms with Crippen LogP contribution >= 0.6 is 11.6 Å². The standard InChI is InChI=1S/C29H20ClNO3S/c1-18-11-14-21(15-12-18)35(32,33)34-29-23-10-6-5-9-22(23)26(19-7-3-2-4-8-19)27-24-17-20(30)13-16-25(24)31-28(27)29/h2-17,31H,1H3. The largest absolute Gasteiger partial charge is 0.376 e. The molecule has 0 spiro atoms. The molecule has 4 nitrogen and oxygen atoms in total. The van der Waals surface area contributed by atoms with Crippen LogP contribution in [-0.4, -0.2) is 13.4 Å². The molecule has 6 rings (SSSR count). The Morgan fingerprint density at radius 1 is 0.771 bits per heavy atom. The van der Waals surface area contributed by atoms with Gasteiger partial charge in [0.05, 0.1) is 5.52 Å². The van der Waals surface area contributed by atoms with Crippen LogP contribution in [0.2, 0.25) is 5.02 Å². The second-order valence-electron chi connectivity index (χ2n) is 8.53. The number of halogens is 1. The van der Waals surface area contributed by atoms with E-state index in [2.05, 4.69) is 4.98 Å². The highest BCUT2D eigenvalue weighted by Gasteiger charge is 2.25. The number of nitrogens with one attached hydrogen (secondary N) is 1. The van der Waals surface area contributed by atoms with Gasteiger partial charge < -0.3 is 9.17 Å². The summed E-state index contributed by atoms with van der Waals surface area (Å²) in [5.41, 5.74) is 4.42. The summed E-state index contributed by atoms with van der Waals surface area (Å²) in [4.78, 5) is 3.51. The lowest BCUT2D eigenvalue weighted by atomic mass is 9.92. The van der Waals surface area contributed by atoms with E-state index < -0.39 is 10.1 Å². The van der Waals surface area contributed by atoms with Crippen molar-refractivity contribution in [1.29, 1.82) is 0 Å². The average molecular weight is 498 g/mol. The highest BCUT2D eigenvalue weighted by atomic mass is 35.5. The number of benzene rings is 5. The van der Waals surface area contributed by atoms with Gasteiger partial charge in [-0.05, 0) is 53.8 Å². The van der Waals surface area contributed by atoms with E-state index in [1.807, 2.05) is 79.7 Å². The maximum atomic E-state index is 13.4. The fourth-order valence-electron chi connectivity index (χ4n) is 4.62. The van der Waals surface area contributed by atoms with Gasteiger partial charge >= 0.3 is 10.1 Å². The molecule has 0 aliphatic heterocycles. The molecule has 5 aromatic carbocycles. The zero-order valence-corrected chi connectivity index (χ0v) is 20.3. The first-order valence-electron chi connectivity index (χ1n) is 11.1. The van der Waals surface area contributed by atoms with Crippen molar-refractivity contribution in [1.82, 2.24) is 4.98 Å². The summed E-state index contributed by atoms with van der Waals surface area (Å²) in [5, 5.41) is 3.95. The monoisotopic (exact) mass is 497 g/mol. The van der Waals surface area contributed by atoms with Crippen LogP contribution in [0.1, 0.15) is 5.56 Å². The van der Waals surface area contributed by atoms with E-state index in [9.17, 15) is 8.42 Å². The van der Waals surface area contributed by atoms with Crippen molar-refractivity contribution in [3.05, 3.63) is 108 Å². The molecule has 0 radical (unpaired) electrons. The maximum Gasteiger partial charge on any atom is 0.339 e. The number of H-pyrrole nitrogens is 1. The summed E-state index contributed by atoms with van der Waals surface area (Å²) in [6, 6.07) is 30.0. The first-order valence-corrected chi connectivity index (χ1v) is 12.9. The molecule has 0 bridgehead atoms. The molecule has 0 fully saturated rings.